The lowest BCUT2D eigenvalue weighted by Crippen LogP contribution is -2.35. The molecule has 4 nitrogen and oxygen atoms in total. The quantitative estimate of drug-likeness (QED) is 0.572. The minimum absolute atomic E-state index is 0.136. The molecule has 12 heavy (non-hydrogen) atoms. The van der Waals surface area contributed by atoms with Crippen LogP contribution in [0.3, 0.4) is 0 Å². The molecule has 0 aromatic carbocycles. The molecular formula is C7H13BO4. The van der Waals surface area contributed by atoms with Crippen molar-refractivity contribution in [3.63, 3.8) is 0 Å². The molecule has 0 saturated carbocycles. The van der Waals surface area contributed by atoms with Crippen molar-refractivity contribution in [3.05, 3.63) is 0 Å². The lowest BCUT2D eigenvalue weighted by Gasteiger charge is -2.23. The highest BCUT2D eigenvalue weighted by Crippen LogP contribution is 2.24. The number of hydrogen-bond donors (Lipinski definition) is 0. The molecule has 5 heteroatoms. The zero-order chi connectivity index (χ0) is 8.39. The number of fused-ring (bicyclic) bond motifs is 1. The standard InChI is InChI=1S/C7H13BO4/c1-2-3-8-11-6-7(12-8)10-5-4-9-6/h6-7H,2-5H2,1H3. The van der Waals surface area contributed by atoms with Gasteiger partial charge in [0.25, 0.3) is 0 Å². The van der Waals surface area contributed by atoms with E-state index in [0.29, 0.717) is 13.2 Å². The SMILES string of the molecule is CCCB1OC2OCCOC2O1. The van der Waals surface area contributed by atoms with Crippen LogP contribution in [0.15, 0.2) is 0 Å². The lowest BCUT2D eigenvalue weighted by molar-refractivity contribution is -0.239. The van der Waals surface area contributed by atoms with Crippen LogP contribution in [0.1, 0.15) is 13.3 Å². The van der Waals surface area contributed by atoms with E-state index in [1.54, 1.807) is 0 Å². The van der Waals surface area contributed by atoms with Crippen LogP contribution in [0.2, 0.25) is 6.32 Å². The van der Waals surface area contributed by atoms with Crippen molar-refractivity contribution in [3.8, 4) is 0 Å². The second kappa shape index (κ2) is 3.74. The van der Waals surface area contributed by atoms with E-state index in [0.717, 1.165) is 12.7 Å². The van der Waals surface area contributed by atoms with Gasteiger partial charge in [-0.05, 0) is 6.32 Å². The second-order valence-electron chi connectivity index (χ2n) is 2.97. The molecule has 0 radical (unpaired) electrons. The molecule has 2 unspecified atom stereocenters. The molecule has 0 bridgehead atoms. The van der Waals surface area contributed by atoms with E-state index in [2.05, 4.69) is 6.92 Å². The van der Waals surface area contributed by atoms with Gasteiger partial charge in [-0.1, -0.05) is 13.3 Å². The molecule has 0 aromatic heterocycles. The van der Waals surface area contributed by atoms with Gasteiger partial charge in [0.2, 0.25) is 0 Å². The first-order valence-corrected chi connectivity index (χ1v) is 4.44. The Morgan fingerprint density at radius 3 is 2.25 bits per heavy atom. The Balaban J connectivity index is 1.85. The van der Waals surface area contributed by atoms with Crippen molar-refractivity contribution in [2.75, 3.05) is 13.2 Å². The maximum atomic E-state index is 5.44. The van der Waals surface area contributed by atoms with Crippen molar-refractivity contribution in [2.45, 2.75) is 32.2 Å². The highest BCUT2D eigenvalue weighted by Gasteiger charge is 2.42. The summed E-state index contributed by atoms with van der Waals surface area (Å²) < 4.78 is 21.5. The second-order valence-corrected chi connectivity index (χ2v) is 2.97. The van der Waals surface area contributed by atoms with Gasteiger partial charge < -0.3 is 18.8 Å². The van der Waals surface area contributed by atoms with Gasteiger partial charge in [0.05, 0.1) is 13.2 Å². The maximum Gasteiger partial charge on any atom is 0.460 e. The Labute approximate surface area is 72.3 Å². The fourth-order valence-electron chi connectivity index (χ4n) is 1.40. The molecule has 2 fully saturated rings. The van der Waals surface area contributed by atoms with Crippen LogP contribution in [0.4, 0.5) is 0 Å². The molecule has 0 aliphatic carbocycles. The van der Waals surface area contributed by atoms with E-state index < -0.39 is 0 Å². The van der Waals surface area contributed by atoms with Crippen LogP contribution >= 0.6 is 0 Å². The van der Waals surface area contributed by atoms with Crippen LogP contribution in [-0.4, -0.2) is 32.9 Å². The molecule has 0 N–H and O–H groups in total. The molecule has 0 aromatic rings. The van der Waals surface area contributed by atoms with Gasteiger partial charge in [-0.3, -0.25) is 0 Å². The monoisotopic (exact) mass is 172 g/mol. The van der Waals surface area contributed by atoms with E-state index in [9.17, 15) is 0 Å². The Bertz CT molecular complexity index is 140. The fourth-order valence-corrected chi connectivity index (χ4v) is 1.40. The molecule has 2 rings (SSSR count). The van der Waals surface area contributed by atoms with Crippen LogP contribution < -0.4 is 0 Å². The molecule has 2 heterocycles. The Morgan fingerprint density at radius 2 is 1.75 bits per heavy atom. The van der Waals surface area contributed by atoms with Gasteiger partial charge in [-0.2, -0.15) is 0 Å². The topological polar surface area (TPSA) is 36.9 Å². The number of ether oxygens (including phenoxy) is 2. The molecule has 2 aliphatic heterocycles. The van der Waals surface area contributed by atoms with Crippen molar-refractivity contribution >= 4 is 7.12 Å². The summed E-state index contributed by atoms with van der Waals surface area (Å²) in [6.45, 7) is 3.29. The van der Waals surface area contributed by atoms with E-state index in [1.165, 1.54) is 0 Å². The van der Waals surface area contributed by atoms with E-state index in [-0.39, 0.29) is 19.7 Å². The zero-order valence-electron chi connectivity index (χ0n) is 7.19. The van der Waals surface area contributed by atoms with Crippen molar-refractivity contribution in [2.24, 2.45) is 0 Å². The Morgan fingerprint density at radius 1 is 1.17 bits per heavy atom. The van der Waals surface area contributed by atoms with E-state index in [1.807, 2.05) is 0 Å². The van der Waals surface area contributed by atoms with Gasteiger partial charge in [0, 0.05) is 0 Å². The molecule has 2 saturated heterocycles. The summed E-state index contributed by atoms with van der Waals surface area (Å²) in [7, 11) is -0.136. The third-order valence-corrected chi connectivity index (χ3v) is 1.97. The van der Waals surface area contributed by atoms with Crippen LogP contribution in [0, 0.1) is 0 Å². The summed E-state index contributed by atoms with van der Waals surface area (Å²) in [5, 5.41) is 0. The van der Waals surface area contributed by atoms with Crippen molar-refractivity contribution < 1.29 is 18.8 Å². The zero-order valence-corrected chi connectivity index (χ0v) is 7.19. The predicted octanol–water partition coefficient (Wildman–Crippen LogP) is 0.630. The number of hydrogen-bond acceptors (Lipinski definition) is 4. The third kappa shape index (κ3) is 1.64. The molecule has 2 atom stereocenters. The third-order valence-electron chi connectivity index (χ3n) is 1.97. The Hall–Kier alpha value is -0.0951. The molecule has 2 aliphatic rings. The molecule has 0 spiro atoms. The average Bonchev–Trinajstić information content (AvgIpc) is 2.47. The summed E-state index contributed by atoms with van der Waals surface area (Å²) in [4.78, 5) is 0. The minimum atomic E-state index is -0.296. The predicted molar refractivity (Wildman–Crippen MR) is 42.5 cm³/mol. The highest BCUT2D eigenvalue weighted by molar-refractivity contribution is 6.45. The van der Waals surface area contributed by atoms with Crippen LogP contribution in [0.5, 0.6) is 0 Å². The first-order chi connectivity index (χ1) is 5.90. The smallest absolute Gasteiger partial charge is 0.381 e. The molecule has 68 valence electrons. The van der Waals surface area contributed by atoms with Gasteiger partial charge >= 0.3 is 7.12 Å². The van der Waals surface area contributed by atoms with Gasteiger partial charge in [-0.25, -0.2) is 0 Å². The lowest BCUT2D eigenvalue weighted by atomic mass is 9.84. The van der Waals surface area contributed by atoms with E-state index in [4.69, 9.17) is 18.8 Å². The average molecular weight is 172 g/mol. The summed E-state index contributed by atoms with van der Waals surface area (Å²) in [5.41, 5.74) is 0. The maximum absolute atomic E-state index is 5.44. The largest absolute Gasteiger partial charge is 0.460 e. The summed E-state index contributed by atoms with van der Waals surface area (Å²) in [6, 6.07) is 0. The normalized spacial score (nSPS) is 35.2. The van der Waals surface area contributed by atoms with Crippen molar-refractivity contribution in [1.29, 1.82) is 0 Å². The fraction of sp³-hybridized carbons (Fsp3) is 1.00. The van der Waals surface area contributed by atoms with Gasteiger partial charge in [0.1, 0.15) is 0 Å². The number of rotatable bonds is 2. The Kier molecular flexibility index (Phi) is 2.65. The summed E-state index contributed by atoms with van der Waals surface area (Å²) in [6.07, 6.45) is 1.36. The van der Waals surface area contributed by atoms with Gasteiger partial charge in [0.15, 0.2) is 12.6 Å². The van der Waals surface area contributed by atoms with E-state index >= 15 is 0 Å². The van der Waals surface area contributed by atoms with Crippen molar-refractivity contribution in [1.82, 2.24) is 0 Å². The summed E-state index contributed by atoms with van der Waals surface area (Å²) in [5.74, 6) is 0. The minimum Gasteiger partial charge on any atom is -0.381 e. The van der Waals surface area contributed by atoms with Crippen LogP contribution in [-0.2, 0) is 18.8 Å². The first-order valence-electron chi connectivity index (χ1n) is 4.44. The first kappa shape index (κ1) is 8.50. The molecule has 0 amide bonds. The van der Waals surface area contributed by atoms with Crippen LogP contribution in [0.25, 0.3) is 0 Å². The molecular weight excluding hydrogens is 159 g/mol. The van der Waals surface area contributed by atoms with Gasteiger partial charge in [-0.15, -0.1) is 0 Å². The summed E-state index contributed by atoms with van der Waals surface area (Å²) >= 11 is 0. The highest BCUT2D eigenvalue weighted by atomic mass is 16.8.